The number of hydrogen-bond donors (Lipinski definition) is 2. The molecule has 0 bridgehead atoms. The molecule has 0 unspecified atom stereocenters. The lowest BCUT2D eigenvalue weighted by Gasteiger charge is -1.90. The third-order valence-corrected chi connectivity index (χ3v) is 1.78. The van der Waals surface area contributed by atoms with E-state index >= 15 is 0 Å². The Morgan fingerprint density at radius 2 is 2.07 bits per heavy atom. The van der Waals surface area contributed by atoms with Crippen LogP contribution in [0, 0.1) is 0 Å². The predicted molar refractivity (Wildman–Crippen MR) is 51.4 cm³/mol. The van der Waals surface area contributed by atoms with Crippen LogP contribution in [0.5, 0.6) is 0 Å². The summed E-state index contributed by atoms with van der Waals surface area (Å²) in [6.07, 6.45) is 0. The van der Waals surface area contributed by atoms with Gasteiger partial charge in [-0.15, -0.1) is 0 Å². The smallest absolute Gasteiger partial charge is 0.323 e. The molecule has 0 aliphatic rings. The average Bonchev–Trinajstić information content (AvgIpc) is 2.78. The van der Waals surface area contributed by atoms with Gasteiger partial charge in [-0.25, -0.2) is 5.84 Å². The Kier molecular flexibility index (Phi) is 2.42. The number of nitrogen functional groups attached to an aromatic ring is 1. The lowest BCUT2D eigenvalue weighted by Crippen LogP contribution is -2.30. The van der Waals surface area contributed by atoms with Crippen molar-refractivity contribution < 1.29 is 9.32 Å². The number of hydrogen-bond acceptors (Lipinski definition) is 5. The summed E-state index contributed by atoms with van der Waals surface area (Å²) in [6.45, 7) is 0. The van der Waals surface area contributed by atoms with Gasteiger partial charge in [-0.1, -0.05) is 35.5 Å². The van der Waals surface area contributed by atoms with Gasteiger partial charge in [0.2, 0.25) is 5.82 Å². The first-order valence-corrected chi connectivity index (χ1v) is 4.21. The normalized spacial score (nSPS) is 9.93. The Hall–Kier alpha value is -2.21. The summed E-state index contributed by atoms with van der Waals surface area (Å²) in [5.74, 6) is 4.52. The van der Waals surface area contributed by atoms with Gasteiger partial charge in [0.1, 0.15) is 0 Å². The van der Waals surface area contributed by atoms with Crippen molar-refractivity contribution in [3.8, 4) is 11.4 Å². The Balaban J connectivity index is 2.32. The quantitative estimate of drug-likeness (QED) is 0.418. The number of carbonyl (C=O) groups is 1. The maximum absolute atomic E-state index is 11.0. The van der Waals surface area contributed by atoms with Crippen molar-refractivity contribution in [1.29, 1.82) is 0 Å². The highest BCUT2D eigenvalue weighted by Gasteiger charge is 2.14. The number of aromatic nitrogens is 2. The van der Waals surface area contributed by atoms with Crippen molar-refractivity contribution in [3.63, 3.8) is 0 Å². The molecule has 0 aliphatic heterocycles. The van der Waals surface area contributed by atoms with Gasteiger partial charge in [0.05, 0.1) is 0 Å². The van der Waals surface area contributed by atoms with Gasteiger partial charge >= 0.3 is 11.8 Å². The van der Waals surface area contributed by atoms with Crippen LogP contribution >= 0.6 is 0 Å². The summed E-state index contributed by atoms with van der Waals surface area (Å²) in [5, 5.41) is 3.65. The minimum atomic E-state index is -0.607. The van der Waals surface area contributed by atoms with E-state index in [4.69, 9.17) is 10.4 Å². The number of carbonyl (C=O) groups excluding carboxylic acids is 1. The minimum absolute atomic E-state index is 0.156. The van der Waals surface area contributed by atoms with Crippen LogP contribution in [-0.4, -0.2) is 16.0 Å². The zero-order chi connectivity index (χ0) is 10.7. The van der Waals surface area contributed by atoms with Gasteiger partial charge in [0.25, 0.3) is 0 Å². The number of nitrogens with zero attached hydrogens (tertiary/aromatic N) is 2. The van der Waals surface area contributed by atoms with Gasteiger partial charge in [0.15, 0.2) is 0 Å². The second-order valence-electron chi connectivity index (χ2n) is 2.76. The highest BCUT2D eigenvalue weighted by atomic mass is 16.5. The van der Waals surface area contributed by atoms with Crippen LogP contribution in [0.3, 0.4) is 0 Å². The summed E-state index contributed by atoms with van der Waals surface area (Å²) in [5.41, 5.74) is 2.69. The van der Waals surface area contributed by atoms with Crippen LogP contribution in [0.25, 0.3) is 11.4 Å². The second kappa shape index (κ2) is 3.89. The molecule has 15 heavy (non-hydrogen) atoms. The number of nitrogens with one attached hydrogen (secondary N) is 1. The molecule has 1 aromatic heterocycles. The third-order valence-electron chi connectivity index (χ3n) is 1.78. The van der Waals surface area contributed by atoms with Crippen LogP contribution < -0.4 is 11.3 Å². The molecule has 6 heteroatoms. The van der Waals surface area contributed by atoms with Crippen molar-refractivity contribution in [2.45, 2.75) is 0 Å². The van der Waals surface area contributed by atoms with E-state index in [1.165, 1.54) is 0 Å². The minimum Gasteiger partial charge on any atom is -0.328 e. The van der Waals surface area contributed by atoms with Crippen LogP contribution in [-0.2, 0) is 0 Å². The molecule has 3 N–H and O–H groups in total. The first kappa shape index (κ1) is 9.35. The van der Waals surface area contributed by atoms with Crippen molar-refractivity contribution in [3.05, 3.63) is 36.2 Å². The average molecular weight is 204 g/mol. The SMILES string of the molecule is NNC(=O)c1nc(-c2ccccc2)no1. The highest BCUT2D eigenvalue weighted by molar-refractivity contribution is 5.89. The number of amides is 1. The molecule has 0 radical (unpaired) electrons. The molecule has 76 valence electrons. The van der Waals surface area contributed by atoms with E-state index in [1.54, 1.807) is 0 Å². The fourth-order valence-electron chi connectivity index (χ4n) is 1.08. The zero-order valence-corrected chi connectivity index (χ0v) is 7.68. The monoisotopic (exact) mass is 204 g/mol. The molecule has 0 saturated heterocycles. The van der Waals surface area contributed by atoms with Crippen LogP contribution in [0.4, 0.5) is 0 Å². The molecule has 1 heterocycles. The van der Waals surface area contributed by atoms with E-state index < -0.39 is 5.91 Å². The molecular weight excluding hydrogens is 196 g/mol. The van der Waals surface area contributed by atoms with E-state index in [1.807, 2.05) is 35.8 Å². The number of rotatable bonds is 2. The summed E-state index contributed by atoms with van der Waals surface area (Å²) in [4.78, 5) is 14.9. The standard InChI is InChI=1S/C9H8N4O2/c10-12-8(14)9-11-7(13-15-9)6-4-2-1-3-5-6/h1-5H,10H2,(H,12,14). The fourth-order valence-corrected chi connectivity index (χ4v) is 1.08. The Morgan fingerprint density at radius 3 is 2.73 bits per heavy atom. The lowest BCUT2D eigenvalue weighted by molar-refractivity contribution is 0.0910. The van der Waals surface area contributed by atoms with Crippen molar-refractivity contribution in [2.75, 3.05) is 0 Å². The lowest BCUT2D eigenvalue weighted by atomic mass is 10.2. The Morgan fingerprint density at radius 1 is 1.33 bits per heavy atom. The molecule has 2 aromatic rings. The number of hydrazine groups is 1. The van der Waals surface area contributed by atoms with Crippen LogP contribution in [0.2, 0.25) is 0 Å². The van der Waals surface area contributed by atoms with E-state index in [2.05, 4.69) is 10.1 Å². The molecule has 0 saturated carbocycles. The van der Waals surface area contributed by atoms with E-state index in [-0.39, 0.29) is 5.89 Å². The topological polar surface area (TPSA) is 94.0 Å². The molecule has 0 spiro atoms. The van der Waals surface area contributed by atoms with Crippen LogP contribution in [0.15, 0.2) is 34.9 Å². The van der Waals surface area contributed by atoms with Crippen molar-refractivity contribution in [2.24, 2.45) is 5.84 Å². The molecule has 0 atom stereocenters. The van der Waals surface area contributed by atoms with Gasteiger partial charge in [0, 0.05) is 5.56 Å². The van der Waals surface area contributed by atoms with Gasteiger partial charge in [-0.3, -0.25) is 10.2 Å². The van der Waals surface area contributed by atoms with Gasteiger partial charge in [-0.2, -0.15) is 4.98 Å². The summed E-state index contributed by atoms with van der Waals surface area (Å²) >= 11 is 0. The molecule has 0 aliphatic carbocycles. The van der Waals surface area contributed by atoms with Crippen molar-refractivity contribution in [1.82, 2.24) is 15.6 Å². The van der Waals surface area contributed by atoms with Gasteiger partial charge in [-0.05, 0) is 0 Å². The van der Waals surface area contributed by atoms with E-state index in [9.17, 15) is 4.79 Å². The first-order valence-electron chi connectivity index (χ1n) is 4.21. The maximum atomic E-state index is 11.0. The molecule has 1 amide bonds. The van der Waals surface area contributed by atoms with E-state index in [0.29, 0.717) is 5.82 Å². The third kappa shape index (κ3) is 1.84. The largest absolute Gasteiger partial charge is 0.328 e. The molecule has 0 fully saturated rings. The summed E-state index contributed by atoms with van der Waals surface area (Å²) < 4.78 is 4.72. The highest BCUT2D eigenvalue weighted by Crippen LogP contribution is 2.14. The first-order chi connectivity index (χ1) is 7.31. The number of nitrogens with two attached hydrogens (primary N) is 1. The van der Waals surface area contributed by atoms with Crippen LogP contribution in [0.1, 0.15) is 10.7 Å². The van der Waals surface area contributed by atoms with E-state index in [0.717, 1.165) is 5.56 Å². The Labute approximate surface area is 85.1 Å². The Bertz CT molecular complexity index is 466. The number of benzene rings is 1. The predicted octanol–water partition coefficient (Wildman–Crippen LogP) is 0.340. The van der Waals surface area contributed by atoms with Crippen molar-refractivity contribution >= 4 is 5.91 Å². The summed E-state index contributed by atoms with van der Waals surface area (Å²) in [6, 6.07) is 9.18. The second-order valence-corrected chi connectivity index (χ2v) is 2.76. The fraction of sp³-hybridized carbons (Fsp3) is 0. The molecule has 2 rings (SSSR count). The molecule has 1 aromatic carbocycles. The molecule has 6 nitrogen and oxygen atoms in total. The van der Waals surface area contributed by atoms with Gasteiger partial charge < -0.3 is 4.52 Å². The maximum Gasteiger partial charge on any atom is 0.323 e. The molecular formula is C9H8N4O2. The summed E-state index contributed by atoms with van der Waals surface area (Å²) in [7, 11) is 0. The zero-order valence-electron chi connectivity index (χ0n) is 7.68.